The van der Waals surface area contributed by atoms with E-state index in [4.69, 9.17) is 0 Å². The van der Waals surface area contributed by atoms with E-state index in [1.165, 1.54) is 28.3 Å². The molecule has 3 aromatic rings. The van der Waals surface area contributed by atoms with E-state index >= 15 is 0 Å². The molecule has 1 N–H and O–H groups in total. The smallest absolute Gasteiger partial charge is 0.224 e. The molecule has 0 aliphatic heterocycles. The molecule has 140 valence electrons. The van der Waals surface area contributed by atoms with Crippen molar-refractivity contribution in [2.75, 3.05) is 6.54 Å². The summed E-state index contributed by atoms with van der Waals surface area (Å²) in [4.78, 5) is 12.4. The molecule has 0 fully saturated rings. The van der Waals surface area contributed by atoms with Gasteiger partial charge in [0.15, 0.2) is 0 Å². The van der Waals surface area contributed by atoms with Crippen molar-refractivity contribution < 1.29 is 9.18 Å². The van der Waals surface area contributed by atoms with Crippen LogP contribution in [-0.2, 0) is 11.2 Å². The summed E-state index contributed by atoms with van der Waals surface area (Å²) in [7, 11) is 0. The molecule has 0 unspecified atom stereocenters. The molecule has 0 heterocycles. The van der Waals surface area contributed by atoms with Crippen molar-refractivity contribution in [1.29, 1.82) is 0 Å². The summed E-state index contributed by atoms with van der Waals surface area (Å²) in [6.07, 6.45) is 1.12. The Labute approximate surface area is 164 Å². The molecule has 2 bridgehead atoms. The topological polar surface area (TPSA) is 29.1 Å². The predicted molar refractivity (Wildman–Crippen MR) is 108 cm³/mol. The lowest BCUT2D eigenvalue weighted by Crippen LogP contribution is -2.39. The number of rotatable bonds is 4. The molecule has 6 rings (SSSR count). The van der Waals surface area contributed by atoms with Gasteiger partial charge in [-0.25, -0.2) is 4.39 Å². The van der Waals surface area contributed by atoms with Crippen LogP contribution in [0.3, 0.4) is 0 Å². The van der Waals surface area contributed by atoms with Gasteiger partial charge in [-0.2, -0.15) is 0 Å². The molecule has 1 atom stereocenters. The molecule has 0 saturated heterocycles. The van der Waals surface area contributed by atoms with Gasteiger partial charge in [0.25, 0.3) is 0 Å². The summed E-state index contributed by atoms with van der Waals surface area (Å²) in [6.45, 7) is 0.622. The highest BCUT2D eigenvalue weighted by Crippen LogP contribution is 2.55. The quantitative estimate of drug-likeness (QED) is 0.702. The Bertz CT molecular complexity index is 996. The van der Waals surface area contributed by atoms with Crippen LogP contribution in [-0.4, -0.2) is 12.5 Å². The highest BCUT2D eigenvalue weighted by molar-refractivity contribution is 5.78. The summed E-state index contributed by atoms with van der Waals surface area (Å²) in [5.41, 5.74) is 6.10. The Morgan fingerprint density at radius 1 is 0.857 bits per heavy atom. The summed E-state index contributed by atoms with van der Waals surface area (Å²) < 4.78 is 13.8. The number of carbonyl (C=O) groups excluding carboxylic acids is 1. The van der Waals surface area contributed by atoms with Crippen molar-refractivity contribution >= 4 is 5.91 Å². The van der Waals surface area contributed by atoms with Gasteiger partial charge in [-0.15, -0.1) is 0 Å². The molecule has 0 aromatic heterocycles. The van der Waals surface area contributed by atoms with Crippen molar-refractivity contribution in [3.63, 3.8) is 0 Å². The van der Waals surface area contributed by atoms with Gasteiger partial charge in [-0.05, 0) is 46.2 Å². The van der Waals surface area contributed by atoms with Crippen molar-refractivity contribution in [2.24, 2.45) is 5.92 Å². The molecule has 3 aliphatic carbocycles. The summed E-state index contributed by atoms with van der Waals surface area (Å²) in [5, 5.41) is 3.07. The monoisotopic (exact) mass is 371 g/mol. The zero-order valence-electron chi connectivity index (χ0n) is 15.6. The second kappa shape index (κ2) is 6.90. The van der Waals surface area contributed by atoms with Gasteiger partial charge >= 0.3 is 0 Å². The van der Waals surface area contributed by atoms with Gasteiger partial charge in [0.2, 0.25) is 5.91 Å². The lowest BCUT2D eigenvalue weighted by atomic mass is 9.59. The molecule has 3 heteroatoms. The molecular formula is C25H22FNO. The van der Waals surface area contributed by atoms with Crippen molar-refractivity contribution in [3.8, 4) is 0 Å². The minimum absolute atomic E-state index is 0.0840. The van der Waals surface area contributed by atoms with Gasteiger partial charge in [-0.1, -0.05) is 66.7 Å². The minimum Gasteiger partial charge on any atom is -0.356 e. The van der Waals surface area contributed by atoms with Crippen LogP contribution < -0.4 is 5.32 Å². The summed E-state index contributed by atoms with van der Waals surface area (Å²) in [5.74, 6) is 0.627. The maximum absolute atomic E-state index is 13.8. The first-order valence-electron chi connectivity index (χ1n) is 9.90. The maximum Gasteiger partial charge on any atom is 0.224 e. The highest BCUT2D eigenvalue weighted by atomic mass is 19.1. The van der Waals surface area contributed by atoms with Crippen LogP contribution in [0.4, 0.5) is 4.39 Å². The van der Waals surface area contributed by atoms with Crippen molar-refractivity contribution in [2.45, 2.75) is 24.7 Å². The highest BCUT2D eigenvalue weighted by Gasteiger charge is 2.42. The van der Waals surface area contributed by atoms with Crippen LogP contribution in [0, 0.1) is 11.7 Å². The van der Waals surface area contributed by atoms with Gasteiger partial charge in [0, 0.05) is 18.4 Å². The number of hydrogen-bond acceptors (Lipinski definition) is 1. The molecule has 0 spiro atoms. The van der Waals surface area contributed by atoms with E-state index in [0.717, 1.165) is 6.42 Å². The first-order chi connectivity index (χ1) is 13.7. The minimum atomic E-state index is -0.322. The van der Waals surface area contributed by atoms with E-state index in [1.807, 2.05) is 0 Å². The average molecular weight is 371 g/mol. The SMILES string of the molecule is O=C(Cc1ccccc1F)NC[C@@H]1CC2c3ccccc3C1c1ccccc12. The summed E-state index contributed by atoms with van der Waals surface area (Å²) in [6, 6.07) is 23.9. The van der Waals surface area contributed by atoms with E-state index < -0.39 is 0 Å². The second-order valence-corrected chi connectivity index (χ2v) is 7.86. The Morgan fingerprint density at radius 3 is 2.07 bits per heavy atom. The van der Waals surface area contributed by atoms with Crippen LogP contribution in [0.5, 0.6) is 0 Å². The number of amides is 1. The molecule has 0 radical (unpaired) electrons. The number of benzene rings is 3. The van der Waals surface area contributed by atoms with Gasteiger partial charge in [-0.3, -0.25) is 4.79 Å². The number of hydrogen-bond donors (Lipinski definition) is 1. The lowest BCUT2D eigenvalue weighted by Gasteiger charge is -2.45. The second-order valence-electron chi connectivity index (χ2n) is 7.86. The van der Waals surface area contributed by atoms with Crippen LogP contribution in [0.1, 0.15) is 46.1 Å². The molecule has 3 aromatic carbocycles. The first kappa shape index (κ1) is 17.2. The number of halogens is 1. The summed E-state index contributed by atoms with van der Waals surface area (Å²) >= 11 is 0. The van der Waals surface area contributed by atoms with Gasteiger partial charge in [0.05, 0.1) is 6.42 Å². The Hall–Kier alpha value is -2.94. The third kappa shape index (κ3) is 2.82. The molecule has 1 amide bonds. The van der Waals surface area contributed by atoms with Gasteiger partial charge < -0.3 is 5.32 Å². The van der Waals surface area contributed by atoms with Crippen molar-refractivity contribution in [1.82, 2.24) is 5.32 Å². The standard InChI is InChI=1S/C25H22FNO/c26-23-12-6-1-7-16(23)14-24(28)27-15-17-13-22-18-8-2-4-10-20(18)25(17)21-11-5-3-9-19(21)22/h1-12,17,22,25H,13-15H2,(H,27,28)/t17-,22?,25?/m0/s1. The molecule has 3 aliphatic rings. The number of carbonyl (C=O) groups is 1. The predicted octanol–water partition coefficient (Wildman–Crippen LogP) is 4.78. The largest absolute Gasteiger partial charge is 0.356 e. The fourth-order valence-electron chi connectivity index (χ4n) is 5.08. The lowest BCUT2D eigenvalue weighted by molar-refractivity contribution is -0.120. The molecule has 0 saturated carbocycles. The molecule has 2 nitrogen and oxygen atoms in total. The van der Waals surface area contributed by atoms with Crippen LogP contribution in [0.25, 0.3) is 0 Å². The Morgan fingerprint density at radius 2 is 1.43 bits per heavy atom. The van der Waals surface area contributed by atoms with E-state index in [-0.39, 0.29) is 18.1 Å². The van der Waals surface area contributed by atoms with E-state index in [9.17, 15) is 9.18 Å². The molecule has 28 heavy (non-hydrogen) atoms. The van der Waals surface area contributed by atoms with Crippen LogP contribution in [0.15, 0.2) is 72.8 Å². The van der Waals surface area contributed by atoms with E-state index in [0.29, 0.717) is 29.9 Å². The third-order valence-electron chi connectivity index (χ3n) is 6.29. The normalized spacial score (nSPS) is 21.7. The zero-order chi connectivity index (χ0) is 19.1. The Balaban J connectivity index is 1.36. The first-order valence-corrected chi connectivity index (χ1v) is 9.90. The van der Waals surface area contributed by atoms with Gasteiger partial charge in [0.1, 0.15) is 5.82 Å². The van der Waals surface area contributed by atoms with E-state index in [2.05, 4.69) is 53.8 Å². The van der Waals surface area contributed by atoms with E-state index in [1.54, 1.807) is 18.2 Å². The Kier molecular flexibility index (Phi) is 4.23. The maximum atomic E-state index is 13.8. The average Bonchev–Trinajstić information content (AvgIpc) is 2.74. The molecular weight excluding hydrogens is 349 g/mol. The third-order valence-corrected chi connectivity index (χ3v) is 6.29. The van der Waals surface area contributed by atoms with Crippen LogP contribution >= 0.6 is 0 Å². The van der Waals surface area contributed by atoms with Crippen molar-refractivity contribution in [3.05, 3.63) is 106 Å². The zero-order valence-corrected chi connectivity index (χ0v) is 15.6. The van der Waals surface area contributed by atoms with Crippen LogP contribution in [0.2, 0.25) is 0 Å². The number of nitrogens with one attached hydrogen (secondary N) is 1. The fourth-order valence-corrected chi connectivity index (χ4v) is 5.08. The number of fused-ring (bicyclic) bond motifs is 1. The fraction of sp³-hybridized carbons (Fsp3) is 0.240.